The van der Waals surface area contributed by atoms with Gasteiger partial charge in [-0.15, -0.1) is 11.3 Å². The van der Waals surface area contributed by atoms with Crippen LogP contribution in [0, 0.1) is 0 Å². The largest absolute Gasteiger partial charge is 0.330 e. The summed E-state index contributed by atoms with van der Waals surface area (Å²) >= 11 is 1.25. The van der Waals surface area contributed by atoms with Crippen LogP contribution in [0.1, 0.15) is 6.42 Å². The van der Waals surface area contributed by atoms with Crippen molar-refractivity contribution in [2.24, 2.45) is 5.73 Å². The van der Waals surface area contributed by atoms with Crippen molar-refractivity contribution >= 4 is 26.5 Å². The van der Waals surface area contributed by atoms with E-state index in [2.05, 4.69) is 9.71 Å². The Morgan fingerprint density at radius 1 is 1.62 bits per heavy atom. The highest BCUT2D eigenvalue weighted by atomic mass is 32.2. The monoisotopic (exact) mass is 221 g/mol. The first kappa shape index (κ1) is 10.4. The smallest absolute Gasteiger partial charge is 0.234 e. The van der Waals surface area contributed by atoms with Crippen LogP contribution >= 0.6 is 11.3 Å². The Labute approximate surface area is 81.0 Å². The maximum absolute atomic E-state index is 11.3. The molecule has 0 aliphatic heterocycles. The Bertz CT molecular complexity index is 333. The van der Waals surface area contributed by atoms with Crippen LogP contribution in [-0.4, -0.2) is 25.7 Å². The molecule has 74 valence electrons. The molecular formula is C6H11N3O2S2. The number of sulfonamides is 1. The van der Waals surface area contributed by atoms with Crippen LogP contribution in [0.15, 0.2) is 11.6 Å². The summed E-state index contributed by atoms with van der Waals surface area (Å²) in [5.74, 6) is 0.0447. The minimum atomic E-state index is -3.25. The van der Waals surface area contributed by atoms with Gasteiger partial charge in [0, 0.05) is 11.6 Å². The van der Waals surface area contributed by atoms with Gasteiger partial charge in [-0.1, -0.05) is 0 Å². The van der Waals surface area contributed by atoms with Gasteiger partial charge >= 0.3 is 0 Å². The van der Waals surface area contributed by atoms with Crippen LogP contribution in [-0.2, 0) is 10.0 Å². The lowest BCUT2D eigenvalue weighted by Gasteiger charge is -2.02. The summed E-state index contributed by atoms with van der Waals surface area (Å²) in [6.07, 6.45) is 2.01. The lowest BCUT2D eigenvalue weighted by molar-refractivity contribution is 0.598. The number of nitrogens with zero attached hydrogens (tertiary/aromatic N) is 1. The average Bonchev–Trinajstić information content (AvgIpc) is 2.52. The second-order valence-corrected chi connectivity index (χ2v) is 5.14. The predicted molar refractivity (Wildman–Crippen MR) is 53.2 cm³/mol. The van der Waals surface area contributed by atoms with E-state index in [0.717, 1.165) is 0 Å². The molecule has 0 aromatic carbocycles. The molecule has 1 rings (SSSR count). The molecule has 0 amide bonds. The van der Waals surface area contributed by atoms with E-state index >= 15 is 0 Å². The Hall–Kier alpha value is -0.660. The van der Waals surface area contributed by atoms with Gasteiger partial charge in [0.15, 0.2) is 5.13 Å². The third-order valence-electron chi connectivity index (χ3n) is 1.29. The molecule has 0 bridgehead atoms. The quantitative estimate of drug-likeness (QED) is 0.745. The minimum Gasteiger partial charge on any atom is -0.330 e. The molecule has 0 aliphatic carbocycles. The summed E-state index contributed by atoms with van der Waals surface area (Å²) in [5, 5.41) is 2.11. The number of thiazole rings is 1. The zero-order valence-corrected chi connectivity index (χ0v) is 8.57. The molecule has 0 aliphatic rings. The third-order valence-corrected chi connectivity index (χ3v) is 3.44. The molecule has 1 heterocycles. The van der Waals surface area contributed by atoms with Crippen molar-refractivity contribution in [2.75, 3.05) is 17.0 Å². The number of hydrogen-bond acceptors (Lipinski definition) is 5. The Morgan fingerprint density at radius 3 is 2.92 bits per heavy atom. The Morgan fingerprint density at radius 2 is 2.38 bits per heavy atom. The topological polar surface area (TPSA) is 85.1 Å². The number of rotatable bonds is 5. The zero-order valence-electron chi connectivity index (χ0n) is 6.93. The van der Waals surface area contributed by atoms with Gasteiger partial charge in [0.2, 0.25) is 10.0 Å². The van der Waals surface area contributed by atoms with E-state index in [9.17, 15) is 8.42 Å². The molecule has 0 saturated heterocycles. The van der Waals surface area contributed by atoms with Crippen LogP contribution in [0.5, 0.6) is 0 Å². The fourth-order valence-corrected chi connectivity index (χ4v) is 2.64. The first-order valence-corrected chi connectivity index (χ1v) is 6.27. The lowest BCUT2D eigenvalue weighted by atomic mass is 10.5. The van der Waals surface area contributed by atoms with Gasteiger partial charge in [-0.3, -0.25) is 4.72 Å². The average molecular weight is 221 g/mol. The highest BCUT2D eigenvalue weighted by molar-refractivity contribution is 7.92. The maximum atomic E-state index is 11.3. The van der Waals surface area contributed by atoms with Crippen LogP contribution in [0.25, 0.3) is 0 Å². The fourth-order valence-electron chi connectivity index (χ4n) is 0.731. The van der Waals surface area contributed by atoms with Crippen molar-refractivity contribution in [1.82, 2.24) is 4.98 Å². The first-order chi connectivity index (χ1) is 6.14. The first-order valence-electron chi connectivity index (χ1n) is 3.74. The van der Waals surface area contributed by atoms with E-state index in [1.54, 1.807) is 11.6 Å². The summed E-state index contributed by atoms with van der Waals surface area (Å²) in [6.45, 7) is 0.374. The lowest BCUT2D eigenvalue weighted by Crippen LogP contribution is -2.18. The summed E-state index contributed by atoms with van der Waals surface area (Å²) < 4.78 is 24.9. The van der Waals surface area contributed by atoms with E-state index in [0.29, 0.717) is 18.1 Å². The van der Waals surface area contributed by atoms with Gasteiger partial charge in [0.05, 0.1) is 5.75 Å². The third kappa shape index (κ3) is 3.71. The molecule has 1 aromatic heterocycles. The standard InChI is InChI=1S/C6H11N3O2S2/c7-2-1-5-13(10,11)9-6-8-3-4-12-6/h3-4H,1-2,5,7H2,(H,8,9). The summed E-state index contributed by atoms with van der Waals surface area (Å²) in [7, 11) is -3.25. The van der Waals surface area contributed by atoms with Crippen molar-refractivity contribution in [2.45, 2.75) is 6.42 Å². The molecule has 7 heteroatoms. The van der Waals surface area contributed by atoms with Crippen molar-refractivity contribution in [1.29, 1.82) is 0 Å². The number of nitrogens with two attached hydrogens (primary N) is 1. The molecule has 0 unspecified atom stereocenters. The molecule has 0 radical (unpaired) electrons. The van der Waals surface area contributed by atoms with Crippen molar-refractivity contribution in [3.63, 3.8) is 0 Å². The van der Waals surface area contributed by atoms with Crippen molar-refractivity contribution in [3.05, 3.63) is 11.6 Å². The number of nitrogens with one attached hydrogen (secondary N) is 1. The van der Waals surface area contributed by atoms with E-state index in [1.807, 2.05) is 0 Å². The molecular weight excluding hydrogens is 210 g/mol. The van der Waals surface area contributed by atoms with E-state index in [4.69, 9.17) is 5.73 Å². The normalized spacial score (nSPS) is 11.5. The molecule has 0 fully saturated rings. The minimum absolute atomic E-state index is 0.0447. The fraction of sp³-hybridized carbons (Fsp3) is 0.500. The van der Waals surface area contributed by atoms with Gasteiger partial charge in [-0.25, -0.2) is 13.4 Å². The SMILES string of the molecule is NCCCS(=O)(=O)Nc1nccs1. The van der Waals surface area contributed by atoms with Crippen molar-refractivity contribution < 1.29 is 8.42 Å². The van der Waals surface area contributed by atoms with Gasteiger partial charge in [-0.05, 0) is 13.0 Å². The molecule has 13 heavy (non-hydrogen) atoms. The molecule has 0 atom stereocenters. The van der Waals surface area contributed by atoms with E-state index in [1.165, 1.54) is 11.3 Å². The second-order valence-electron chi connectivity index (χ2n) is 2.40. The van der Waals surface area contributed by atoms with Crippen molar-refractivity contribution in [3.8, 4) is 0 Å². The maximum Gasteiger partial charge on any atom is 0.234 e. The van der Waals surface area contributed by atoms with Crippen LogP contribution in [0.2, 0.25) is 0 Å². The molecule has 3 N–H and O–H groups in total. The van der Waals surface area contributed by atoms with Gasteiger partial charge < -0.3 is 5.73 Å². The Kier molecular flexibility index (Phi) is 3.64. The van der Waals surface area contributed by atoms with Gasteiger partial charge in [0.25, 0.3) is 0 Å². The predicted octanol–water partition coefficient (Wildman–Crippen LogP) is 0.234. The Balaban J connectivity index is 2.53. The highest BCUT2D eigenvalue weighted by Gasteiger charge is 2.10. The van der Waals surface area contributed by atoms with Crippen LogP contribution < -0.4 is 10.5 Å². The van der Waals surface area contributed by atoms with E-state index in [-0.39, 0.29) is 5.75 Å². The summed E-state index contributed by atoms with van der Waals surface area (Å²) in [4.78, 5) is 3.81. The molecule has 0 spiro atoms. The number of hydrogen-bond donors (Lipinski definition) is 2. The van der Waals surface area contributed by atoms with E-state index < -0.39 is 10.0 Å². The number of anilines is 1. The molecule has 5 nitrogen and oxygen atoms in total. The van der Waals surface area contributed by atoms with Crippen LogP contribution in [0.3, 0.4) is 0 Å². The zero-order chi connectivity index (χ0) is 9.73. The number of aromatic nitrogens is 1. The van der Waals surface area contributed by atoms with Gasteiger partial charge in [0.1, 0.15) is 0 Å². The molecule has 1 aromatic rings. The second kappa shape index (κ2) is 4.54. The summed E-state index contributed by atoms with van der Waals surface area (Å²) in [6, 6.07) is 0. The molecule has 0 saturated carbocycles. The van der Waals surface area contributed by atoms with Gasteiger partial charge in [-0.2, -0.15) is 0 Å². The van der Waals surface area contributed by atoms with Crippen LogP contribution in [0.4, 0.5) is 5.13 Å². The summed E-state index contributed by atoms with van der Waals surface area (Å²) in [5.41, 5.74) is 5.20. The highest BCUT2D eigenvalue weighted by Crippen LogP contribution is 2.12.